The van der Waals surface area contributed by atoms with Crippen molar-refractivity contribution < 1.29 is 24.8 Å². The number of aromatic hydroxyl groups is 2. The van der Waals surface area contributed by atoms with Crippen LogP contribution in [0.25, 0.3) is 31.7 Å². The number of phenols is 2. The van der Waals surface area contributed by atoms with Crippen LogP contribution in [0.15, 0.2) is 60.7 Å². The molecule has 5 nitrogen and oxygen atoms in total. The summed E-state index contributed by atoms with van der Waals surface area (Å²) in [6, 6.07) is 18.2. The van der Waals surface area contributed by atoms with Gasteiger partial charge in [-0.2, -0.15) is 0 Å². The molecule has 6 heteroatoms. The monoisotopic (exact) mass is 462 g/mol. The van der Waals surface area contributed by atoms with Crippen molar-refractivity contribution in [2.75, 3.05) is 13.2 Å². The molecule has 0 spiro atoms. The van der Waals surface area contributed by atoms with Crippen LogP contribution >= 0.6 is 11.3 Å². The van der Waals surface area contributed by atoms with Gasteiger partial charge >= 0.3 is 0 Å². The number of phenolic OH excluding ortho intramolecular Hbond substituents is 2. The van der Waals surface area contributed by atoms with Gasteiger partial charge in [0.25, 0.3) is 0 Å². The summed E-state index contributed by atoms with van der Waals surface area (Å²) in [5, 5.41) is 30.7. The molecule has 1 atom stereocenters. The minimum absolute atomic E-state index is 0.0730. The summed E-state index contributed by atoms with van der Waals surface area (Å²) >= 11 is 1.58. The van der Waals surface area contributed by atoms with Crippen molar-refractivity contribution in [1.82, 2.24) is 0 Å². The summed E-state index contributed by atoms with van der Waals surface area (Å²) in [5.41, 5.74) is 3.62. The third-order valence-corrected chi connectivity index (χ3v) is 7.20. The fourth-order valence-corrected chi connectivity index (χ4v) is 5.54. The van der Waals surface area contributed by atoms with E-state index in [1.807, 2.05) is 36.4 Å². The molecule has 1 aromatic heterocycles. The van der Waals surface area contributed by atoms with Crippen molar-refractivity contribution in [3.05, 3.63) is 66.2 Å². The predicted molar refractivity (Wildman–Crippen MR) is 131 cm³/mol. The van der Waals surface area contributed by atoms with Crippen LogP contribution in [0.3, 0.4) is 0 Å². The molecule has 1 unspecified atom stereocenters. The van der Waals surface area contributed by atoms with Gasteiger partial charge in [0.15, 0.2) is 0 Å². The van der Waals surface area contributed by atoms with Gasteiger partial charge < -0.3 is 24.8 Å². The highest BCUT2D eigenvalue weighted by atomic mass is 32.1. The third-order valence-electron chi connectivity index (χ3n) is 6.00. The maximum atomic E-state index is 10.1. The molecule has 33 heavy (non-hydrogen) atoms. The number of hydrogen-bond acceptors (Lipinski definition) is 6. The Morgan fingerprint density at radius 2 is 1.76 bits per heavy atom. The summed E-state index contributed by atoms with van der Waals surface area (Å²) in [6.45, 7) is 1.17. The Labute approximate surface area is 196 Å². The van der Waals surface area contributed by atoms with E-state index in [2.05, 4.69) is 0 Å². The second kappa shape index (κ2) is 9.43. The first kappa shape index (κ1) is 21.8. The molecule has 0 aliphatic carbocycles. The number of thiophene rings is 1. The Bertz CT molecular complexity index is 1260. The van der Waals surface area contributed by atoms with Gasteiger partial charge in [-0.15, -0.1) is 11.3 Å². The highest BCUT2D eigenvalue weighted by Crippen LogP contribution is 2.48. The highest BCUT2D eigenvalue weighted by molar-refractivity contribution is 7.23. The molecule has 1 aliphatic rings. The molecule has 1 saturated heterocycles. The number of ether oxygens (including phenoxy) is 2. The maximum Gasteiger partial charge on any atom is 0.127 e. The molecule has 4 aromatic rings. The van der Waals surface area contributed by atoms with Gasteiger partial charge in [0.05, 0.1) is 12.7 Å². The van der Waals surface area contributed by atoms with E-state index in [-0.39, 0.29) is 24.2 Å². The van der Waals surface area contributed by atoms with Gasteiger partial charge in [-0.25, -0.2) is 0 Å². The van der Waals surface area contributed by atoms with Crippen LogP contribution in [0.2, 0.25) is 0 Å². The fraction of sp³-hybridized carbons (Fsp3) is 0.259. The van der Waals surface area contributed by atoms with E-state index in [1.165, 1.54) is 0 Å². The van der Waals surface area contributed by atoms with E-state index in [9.17, 15) is 15.3 Å². The van der Waals surface area contributed by atoms with E-state index in [1.54, 1.807) is 35.6 Å². The Morgan fingerprint density at radius 3 is 2.52 bits per heavy atom. The first-order valence-electron chi connectivity index (χ1n) is 11.2. The van der Waals surface area contributed by atoms with E-state index >= 15 is 0 Å². The van der Waals surface area contributed by atoms with E-state index in [0.29, 0.717) is 6.61 Å². The number of hydrogen-bond donors (Lipinski definition) is 3. The van der Waals surface area contributed by atoms with Crippen LogP contribution in [0.1, 0.15) is 24.8 Å². The van der Waals surface area contributed by atoms with Crippen molar-refractivity contribution in [1.29, 1.82) is 0 Å². The van der Waals surface area contributed by atoms with E-state index in [4.69, 9.17) is 9.47 Å². The smallest absolute Gasteiger partial charge is 0.127 e. The topological polar surface area (TPSA) is 79.2 Å². The molecule has 1 aliphatic heterocycles. The van der Waals surface area contributed by atoms with Gasteiger partial charge in [0.2, 0.25) is 0 Å². The second-order valence-corrected chi connectivity index (χ2v) is 9.37. The molecular weight excluding hydrogens is 436 g/mol. The van der Waals surface area contributed by atoms with Crippen LogP contribution in [-0.4, -0.2) is 34.6 Å². The number of benzene rings is 3. The van der Waals surface area contributed by atoms with E-state index < -0.39 is 0 Å². The van der Waals surface area contributed by atoms with Crippen LogP contribution in [0, 0.1) is 0 Å². The summed E-state index contributed by atoms with van der Waals surface area (Å²) < 4.78 is 13.1. The van der Waals surface area contributed by atoms with Crippen LogP contribution in [-0.2, 0) is 11.3 Å². The average molecular weight is 463 g/mol. The molecular formula is C27H26O5S. The number of aliphatic hydroxyl groups is 1. The summed E-state index contributed by atoms with van der Waals surface area (Å²) in [5.74, 6) is 1.15. The minimum atomic E-state index is -0.0730. The van der Waals surface area contributed by atoms with Crippen molar-refractivity contribution in [2.45, 2.75) is 32.0 Å². The van der Waals surface area contributed by atoms with Crippen molar-refractivity contribution in [3.63, 3.8) is 0 Å². The zero-order valence-corrected chi connectivity index (χ0v) is 19.0. The molecule has 3 N–H and O–H groups in total. The van der Waals surface area contributed by atoms with Crippen molar-refractivity contribution >= 4 is 21.4 Å². The summed E-state index contributed by atoms with van der Waals surface area (Å²) in [4.78, 5) is 1.00. The Hall–Kier alpha value is -3.06. The zero-order valence-electron chi connectivity index (χ0n) is 18.2. The molecule has 0 saturated carbocycles. The quantitative estimate of drug-likeness (QED) is 0.323. The van der Waals surface area contributed by atoms with E-state index in [0.717, 1.165) is 68.8 Å². The van der Waals surface area contributed by atoms with Crippen molar-refractivity contribution in [2.24, 2.45) is 0 Å². The SMILES string of the molecule is OCc1ccc(OCC2CCCCO2)c(-c2c(-c3ccc(O)cc3)sc3cc(O)ccc23)c1. The number of fused-ring (bicyclic) bond motifs is 1. The lowest BCUT2D eigenvalue weighted by Crippen LogP contribution is -2.25. The molecule has 0 amide bonds. The van der Waals surface area contributed by atoms with Crippen molar-refractivity contribution in [3.8, 4) is 38.8 Å². The molecule has 2 heterocycles. The predicted octanol–water partition coefficient (Wildman–Crippen LogP) is 6.09. The first-order chi connectivity index (χ1) is 16.1. The lowest BCUT2D eigenvalue weighted by atomic mass is 9.96. The number of aliphatic hydroxyl groups excluding tert-OH is 1. The fourth-order valence-electron chi connectivity index (χ4n) is 4.29. The minimum Gasteiger partial charge on any atom is -0.508 e. The van der Waals surface area contributed by atoms with Gasteiger partial charge in [-0.3, -0.25) is 0 Å². The largest absolute Gasteiger partial charge is 0.508 e. The third kappa shape index (κ3) is 4.55. The highest BCUT2D eigenvalue weighted by Gasteiger charge is 2.21. The van der Waals surface area contributed by atoms with Crippen LogP contribution in [0.4, 0.5) is 0 Å². The molecule has 3 aromatic carbocycles. The van der Waals surface area contributed by atoms with Gasteiger partial charge in [-0.05, 0) is 85.0 Å². The van der Waals surface area contributed by atoms with Crippen LogP contribution in [0.5, 0.6) is 17.2 Å². The summed E-state index contributed by atoms with van der Waals surface area (Å²) in [7, 11) is 0. The van der Waals surface area contributed by atoms with Gasteiger partial charge in [-0.1, -0.05) is 6.07 Å². The summed E-state index contributed by atoms with van der Waals surface area (Å²) in [6.07, 6.45) is 3.31. The van der Waals surface area contributed by atoms with Gasteiger partial charge in [0.1, 0.15) is 23.9 Å². The Morgan fingerprint density at radius 1 is 0.939 bits per heavy atom. The standard InChI is InChI=1S/C27H26O5S/c28-15-17-4-11-24(32-16-21-3-1-2-12-31-21)23(13-17)26-22-10-9-20(30)14-25(22)33-27(26)18-5-7-19(29)8-6-18/h4-11,13-14,21,28-30H,1-3,12,15-16H2. The molecule has 0 bridgehead atoms. The molecule has 1 fully saturated rings. The lowest BCUT2D eigenvalue weighted by molar-refractivity contribution is -0.0109. The van der Waals surface area contributed by atoms with Gasteiger partial charge in [0, 0.05) is 32.7 Å². The normalized spacial score (nSPS) is 16.2. The first-order valence-corrected chi connectivity index (χ1v) is 12.0. The molecule has 170 valence electrons. The Balaban J connectivity index is 1.65. The maximum absolute atomic E-state index is 10.1. The average Bonchev–Trinajstić information content (AvgIpc) is 3.22. The Kier molecular flexibility index (Phi) is 6.22. The number of rotatable bonds is 6. The molecule has 5 rings (SSSR count). The van der Waals surface area contributed by atoms with Crippen LogP contribution < -0.4 is 4.74 Å². The zero-order chi connectivity index (χ0) is 22.8. The second-order valence-electron chi connectivity index (χ2n) is 8.32. The lowest BCUT2D eigenvalue weighted by Gasteiger charge is -2.23. The molecule has 0 radical (unpaired) electrons.